The number of nitrogens with zero attached hydrogens (tertiary/aromatic N) is 2. The summed E-state index contributed by atoms with van der Waals surface area (Å²) >= 11 is 6.64. The number of esters is 1. The molecule has 1 aromatic heterocycles. The van der Waals surface area contributed by atoms with Gasteiger partial charge in [0.15, 0.2) is 0 Å². The number of rotatable bonds is 7. The normalized spacial score (nSPS) is 11.3. The van der Waals surface area contributed by atoms with Crippen molar-refractivity contribution in [1.82, 2.24) is 3.97 Å². The molecule has 0 N–H and O–H groups in total. The molecule has 6 rings (SSSR count). The minimum atomic E-state index is -4.30. The molecule has 10 heteroatoms. The molecule has 0 spiro atoms. The fourth-order valence-electron chi connectivity index (χ4n) is 5.69. The van der Waals surface area contributed by atoms with E-state index >= 15 is 4.39 Å². The summed E-state index contributed by atoms with van der Waals surface area (Å²) in [6.07, 6.45) is 0. The second-order valence-electron chi connectivity index (χ2n) is 10.7. The molecule has 0 unspecified atom stereocenters. The van der Waals surface area contributed by atoms with Gasteiger partial charge in [-0.2, -0.15) is 5.26 Å². The van der Waals surface area contributed by atoms with E-state index in [0.29, 0.717) is 27.8 Å². The van der Waals surface area contributed by atoms with Crippen LogP contribution < -0.4 is 4.74 Å². The monoisotopic (exact) mass is 664 g/mol. The highest BCUT2D eigenvalue weighted by Crippen LogP contribution is 2.46. The Kier molecular flexibility index (Phi) is 8.32. The predicted octanol–water partition coefficient (Wildman–Crippen LogP) is 8.65. The van der Waals surface area contributed by atoms with E-state index in [1.54, 1.807) is 66.7 Å². The molecular weight excluding hydrogens is 639 g/mol. The molecule has 47 heavy (non-hydrogen) atoms. The highest BCUT2D eigenvalue weighted by Gasteiger charge is 2.30. The molecule has 0 fully saturated rings. The van der Waals surface area contributed by atoms with Gasteiger partial charge >= 0.3 is 5.97 Å². The molecule has 0 aliphatic rings. The van der Waals surface area contributed by atoms with Gasteiger partial charge in [0.05, 0.1) is 35.9 Å². The Morgan fingerprint density at radius 2 is 1.60 bits per heavy atom. The predicted molar refractivity (Wildman–Crippen MR) is 180 cm³/mol. The first-order valence-corrected chi connectivity index (χ1v) is 16.1. The quantitative estimate of drug-likeness (QED) is 0.158. The molecule has 6 aromatic rings. The van der Waals surface area contributed by atoms with Crippen LogP contribution in [0.4, 0.5) is 4.39 Å². The van der Waals surface area contributed by atoms with Crippen LogP contribution in [-0.2, 0) is 14.8 Å². The molecule has 0 bridgehead atoms. The van der Waals surface area contributed by atoms with Crippen LogP contribution in [0.15, 0.2) is 108 Å². The summed E-state index contributed by atoms with van der Waals surface area (Å²) in [5.74, 6) is -0.842. The van der Waals surface area contributed by atoms with Crippen molar-refractivity contribution in [3.8, 4) is 45.3 Å². The maximum atomic E-state index is 15.0. The first-order chi connectivity index (χ1) is 22.6. The summed E-state index contributed by atoms with van der Waals surface area (Å²) in [7, 11) is -1.58. The summed E-state index contributed by atoms with van der Waals surface area (Å²) in [4.78, 5) is 12.1. The number of aromatic nitrogens is 1. The summed E-state index contributed by atoms with van der Waals surface area (Å²) in [5.41, 5.74) is 4.07. The summed E-state index contributed by atoms with van der Waals surface area (Å²) in [6, 6.07) is 29.3. The van der Waals surface area contributed by atoms with Gasteiger partial charge in [-0.3, -0.25) is 0 Å². The first-order valence-electron chi connectivity index (χ1n) is 14.3. The number of nitriles is 1. The third-order valence-corrected chi connectivity index (χ3v) is 9.95. The minimum Gasteiger partial charge on any atom is -0.495 e. The number of ether oxygens (including phenoxy) is 2. The smallest absolute Gasteiger partial charge is 0.337 e. The second kappa shape index (κ2) is 12.4. The standard InChI is InChI=1S/C37H26ClFN2O5S/c1-22-10-14-27(15-11-22)47(43,44)41-33-17-13-26(39)20-30(33)35(29-8-5-9-34(45-2)31(29)21-40)36(41)24-7-4-6-23(18-24)28-16-12-25(19-32(28)38)37(42)46-3/h4-20H,1-3H3. The first kappa shape index (κ1) is 31.5. The van der Waals surface area contributed by atoms with Gasteiger partial charge in [-0.1, -0.05) is 65.7 Å². The number of fused-ring (bicyclic) bond motifs is 1. The number of hydrogen-bond acceptors (Lipinski definition) is 6. The zero-order valence-electron chi connectivity index (χ0n) is 25.4. The molecule has 0 aliphatic carbocycles. The number of aryl methyl sites for hydroxylation is 1. The Bertz CT molecular complexity index is 2360. The van der Waals surface area contributed by atoms with E-state index in [9.17, 15) is 18.5 Å². The molecule has 0 atom stereocenters. The largest absolute Gasteiger partial charge is 0.495 e. The molecule has 7 nitrogen and oxygen atoms in total. The number of carbonyl (C=O) groups is 1. The van der Waals surface area contributed by atoms with Crippen LogP contribution in [0, 0.1) is 24.1 Å². The van der Waals surface area contributed by atoms with Crippen LogP contribution in [0.3, 0.4) is 0 Å². The van der Waals surface area contributed by atoms with E-state index in [4.69, 9.17) is 21.1 Å². The lowest BCUT2D eigenvalue weighted by atomic mass is 9.93. The topological polar surface area (TPSA) is 98.4 Å². The van der Waals surface area contributed by atoms with Gasteiger partial charge in [0, 0.05) is 32.7 Å². The fraction of sp³-hybridized carbons (Fsp3) is 0.0811. The van der Waals surface area contributed by atoms with Gasteiger partial charge in [-0.15, -0.1) is 0 Å². The molecular formula is C37H26ClFN2O5S. The van der Waals surface area contributed by atoms with E-state index in [2.05, 4.69) is 6.07 Å². The van der Waals surface area contributed by atoms with E-state index in [-0.39, 0.29) is 43.4 Å². The highest BCUT2D eigenvalue weighted by molar-refractivity contribution is 7.90. The van der Waals surface area contributed by atoms with Crippen molar-refractivity contribution in [3.05, 3.63) is 131 Å². The lowest BCUT2D eigenvalue weighted by Crippen LogP contribution is -2.14. The highest BCUT2D eigenvalue weighted by atomic mass is 35.5. The van der Waals surface area contributed by atoms with Crippen molar-refractivity contribution < 1.29 is 27.1 Å². The van der Waals surface area contributed by atoms with Crippen molar-refractivity contribution in [1.29, 1.82) is 5.26 Å². The Balaban J connectivity index is 1.74. The van der Waals surface area contributed by atoms with Crippen LogP contribution in [0.25, 0.3) is 44.4 Å². The van der Waals surface area contributed by atoms with E-state index < -0.39 is 21.8 Å². The Labute approximate surface area is 276 Å². The Morgan fingerprint density at radius 1 is 0.872 bits per heavy atom. The van der Waals surface area contributed by atoms with E-state index in [1.165, 1.54) is 54.6 Å². The van der Waals surface area contributed by atoms with Crippen LogP contribution >= 0.6 is 11.6 Å². The van der Waals surface area contributed by atoms with Gasteiger partial charge in [0.2, 0.25) is 0 Å². The summed E-state index contributed by atoms with van der Waals surface area (Å²) in [6.45, 7) is 1.86. The third kappa shape index (κ3) is 5.52. The number of carbonyl (C=O) groups excluding carboxylic acids is 1. The zero-order valence-corrected chi connectivity index (χ0v) is 27.0. The molecule has 0 saturated carbocycles. The zero-order chi connectivity index (χ0) is 33.5. The summed E-state index contributed by atoms with van der Waals surface area (Å²) in [5, 5.41) is 10.8. The van der Waals surface area contributed by atoms with Gasteiger partial charge < -0.3 is 9.47 Å². The molecule has 0 saturated heterocycles. The van der Waals surface area contributed by atoms with Crippen LogP contribution in [0.5, 0.6) is 5.75 Å². The average molecular weight is 665 g/mol. The molecule has 0 amide bonds. The van der Waals surface area contributed by atoms with E-state index in [1.807, 2.05) is 6.92 Å². The molecule has 0 aliphatic heterocycles. The van der Waals surface area contributed by atoms with Crippen molar-refractivity contribution in [2.24, 2.45) is 0 Å². The number of hydrogen-bond donors (Lipinski definition) is 0. The number of methoxy groups -OCH3 is 2. The molecule has 5 aromatic carbocycles. The van der Waals surface area contributed by atoms with Gasteiger partial charge in [0.25, 0.3) is 10.0 Å². The SMILES string of the molecule is COC(=O)c1ccc(-c2cccc(-c3c(-c4cccc(OC)c4C#N)c4cc(F)ccc4n3S(=O)(=O)c3ccc(C)cc3)c2)c(Cl)c1. The van der Waals surface area contributed by atoms with Crippen LogP contribution in [0.2, 0.25) is 5.02 Å². The third-order valence-electron chi connectivity index (χ3n) is 7.91. The molecule has 1 heterocycles. The maximum Gasteiger partial charge on any atom is 0.337 e. The second-order valence-corrected chi connectivity index (χ2v) is 12.9. The Morgan fingerprint density at radius 3 is 2.28 bits per heavy atom. The van der Waals surface area contributed by atoms with Crippen molar-refractivity contribution in [2.45, 2.75) is 11.8 Å². The van der Waals surface area contributed by atoms with Crippen molar-refractivity contribution in [2.75, 3.05) is 14.2 Å². The number of benzene rings is 5. The average Bonchev–Trinajstić information content (AvgIpc) is 3.42. The van der Waals surface area contributed by atoms with Crippen LogP contribution in [0.1, 0.15) is 21.5 Å². The number of halogens is 2. The van der Waals surface area contributed by atoms with E-state index in [0.717, 1.165) is 5.56 Å². The lowest BCUT2D eigenvalue weighted by Gasteiger charge is -2.16. The van der Waals surface area contributed by atoms with Crippen LogP contribution in [-0.4, -0.2) is 32.6 Å². The minimum absolute atomic E-state index is 0.0286. The molecule has 0 radical (unpaired) electrons. The van der Waals surface area contributed by atoms with Gasteiger partial charge in [0.1, 0.15) is 23.2 Å². The van der Waals surface area contributed by atoms with Crippen molar-refractivity contribution in [3.63, 3.8) is 0 Å². The van der Waals surface area contributed by atoms with Gasteiger partial charge in [-0.25, -0.2) is 21.6 Å². The van der Waals surface area contributed by atoms with Crippen molar-refractivity contribution >= 4 is 38.5 Å². The molecule has 234 valence electrons. The summed E-state index contributed by atoms with van der Waals surface area (Å²) < 4.78 is 55.7. The Hall–Kier alpha value is -5.43. The fourth-order valence-corrected chi connectivity index (χ4v) is 7.52. The lowest BCUT2D eigenvalue weighted by molar-refractivity contribution is 0.0600. The maximum absolute atomic E-state index is 15.0. The van der Waals surface area contributed by atoms with Gasteiger partial charge in [-0.05, 0) is 67.1 Å².